The molecule has 0 radical (unpaired) electrons. The third-order valence-electron chi connectivity index (χ3n) is 2.93. The molecule has 3 nitrogen and oxygen atoms in total. The van der Waals surface area contributed by atoms with Gasteiger partial charge in [0.15, 0.2) is 0 Å². The van der Waals surface area contributed by atoms with E-state index in [2.05, 4.69) is 12.1 Å². The van der Waals surface area contributed by atoms with Crippen LogP contribution < -0.4 is 0 Å². The summed E-state index contributed by atoms with van der Waals surface area (Å²) in [5.74, 6) is 0.0839. The van der Waals surface area contributed by atoms with Gasteiger partial charge in [0.05, 0.1) is 12.5 Å². The van der Waals surface area contributed by atoms with Gasteiger partial charge >= 0.3 is 0 Å². The number of amides is 1. The van der Waals surface area contributed by atoms with Crippen molar-refractivity contribution in [1.29, 1.82) is 0 Å². The van der Waals surface area contributed by atoms with E-state index in [0.29, 0.717) is 13.0 Å². The van der Waals surface area contributed by atoms with E-state index in [1.807, 2.05) is 18.2 Å². The third-order valence-corrected chi connectivity index (χ3v) is 2.93. The number of aliphatic hydroxyl groups is 1. The normalized spacial score (nSPS) is 20.4. The first-order valence-electron chi connectivity index (χ1n) is 5.75. The summed E-state index contributed by atoms with van der Waals surface area (Å²) < 4.78 is 0. The van der Waals surface area contributed by atoms with Crippen LogP contribution in [-0.2, 0) is 11.2 Å². The highest BCUT2D eigenvalue weighted by Gasteiger charge is 2.26. The van der Waals surface area contributed by atoms with Gasteiger partial charge in [-0.3, -0.25) is 4.79 Å². The molecular formula is C13H17NO2. The summed E-state index contributed by atoms with van der Waals surface area (Å²) in [6, 6.07) is 10.3. The molecule has 0 bridgehead atoms. The molecule has 16 heavy (non-hydrogen) atoms. The lowest BCUT2D eigenvalue weighted by Crippen LogP contribution is -2.27. The maximum absolute atomic E-state index is 11.4. The molecule has 86 valence electrons. The van der Waals surface area contributed by atoms with E-state index in [1.165, 1.54) is 5.56 Å². The second kappa shape index (κ2) is 5.12. The first-order valence-corrected chi connectivity index (χ1v) is 5.75. The van der Waals surface area contributed by atoms with Gasteiger partial charge < -0.3 is 10.0 Å². The number of nitrogens with zero attached hydrogens (tertiary/aromatic N) is 1. The van der Waals surface area contributed by atoms with Crippen molar-refractivity contribution in [3.63, 3.8) is 0 Å². The van der Waals surface area contributed by atoms with Crippen LogP contribution in [0.3, 0.4) is 0 Å². The summed E-state index contributed by atoms with van der Waals surface area (Å²) in [5, 5.41) is 9.32. The maximum Gasteiger partial charge on any atom is 0.225 e. The van der Waals surface area contributed by atoms with Crippen molar-refractivity contribution in [2.75, 3.05) is 13.1 Å². The number of carbonyl (C=O) groups excluding carboxylic acids is 1. The summed E-state index contributed by atoms with van der Waals surface area (Å²) in [5.41, 5.74) is 1.30. The summed E-state index contributed by atoms with van der Waals surface area (Å²) in [6.07, 6.45) is 1.79. The van der Waals surface area contributed by atoms with E-state index in [-0.39, 0.29) is 5.91 Å². The standard InChI is InChI=1S/C13H17NO2/c15-12-9-13(16)14(10-12)8-4-7-11-5-2-1-3-6-11/h1-3,5-6,12,15H,4,7-10H2. The molecule has 1 aliphatic heterocycles. The lowest BCUT2D eigenvalue weighted by Gasteiger charge is -2.15. The Hall–Kier alpha value is -1.35. The van der Waals surface area contributed by atoms with Crippen LogP contribution in [0.4, 0.5) is 0 Å². The molecule has 1 aromatic carbocycles. The molecule has 1 heterocycles. The zero-order chi connectivity index (χ0) is 11.4. The zero-order valence-corrected chi connectivity index (χ0v) is 9.30. The molecule has 0 aliphatic carbocycles. The number of hydrogen-bond donors (Lipinski definition) is 1. The van der Waals surface area contributed by atoms with Gasteiger partial charge in [-0.2, -0.15) is 0 Å². The lowest BCUT2D eigenvalue weighted by atomic mass is 10.1. The van der Waals surface area contributed by atoms with Gasteiger partial charge in [-0.05, 0) is 18.4 Å². The Morgan fingerprint density at radius 3 is 2.69 bits per heavy atom. The molecule has 1 aromatic rings. The molecule has 1 atom stereocenters. The first-order chi connectivity index (χ1) is 7.75. The summed E-state index contributed by atoms with van der Waals surface area (Å²) in [6.45, 7) is 1.26. The third kappa shape index (κ3) is 2.83. The van der Waals surface area contributed by atoms with Crippen LogP contribution in [0.15, 0.2) is 30.3 Å². The van der Waals surface area contributed by atoms with Crippen LogP contribution in [0, 0.1) is 0 Å². The van der Waals surface area contributed by atoms with Crippen molar-refractivity contribution in [2.24, 2.45) is 0 Å². The minimum atomic E-state index is -0.454. The first kappa shape index (κ1) is 11.1. The molecule has 1 aliphatic rings. The Morgan fingerprint density at radius 2 is 2.06 bits per heavy atom. The smallest absolute Gasteiger partial charge is 0.225 e. The fourth-order valence-electron chi connectivity index (χ4n) is 2.09. The van der Waals surface area contributed by atoms with Gasteiger partial charge in [0.2, 0.25) is 5.91 Å². The molecule has 1 unspecified atom stereocenters. The van der Waals surface area contributed by atoms with Crippen LogP contribution in [0.5, 0.6) is 0 Å². The van der Waals surface area contributed by atoms with Crippen molar-refractivity contribution in [3.8, 4) is 0 Å². The number of aryl methyl sites for hydroxylation is 1. The minimum absolute atomic E-state index is 0.0839. The molecule has 1 fully saturated rings. The van der Waals surface area contributed by atoms with Crippen LogP contribution in [0.1, 0.15) is 18.4 Å². The summed E-state index contributed by atoms with van der Waals surface area (Å²) >= 11 is 0. The molecule has 1 N–H and O–H groups in total. The predicted molar refractivity (Wildman–Crippen MR) is 62.0 cm³/mol. The number of benzene rings is 1. The average molecular weight is 219 g/mol. The number of rotatable bonds is 4. The second-order valence-electron chi connectivity index (χ2n) is 4.29. The topological polar surface area (TPSA) is 40.5 Å². The highest BCUT2D eigenvalue weighted by molar-refractivity contribution is 5.78. The molecule has 0 spiro atoms. The van der Waals surface area contributed by atoms with Crippen LogP contribution in [0.25, 0.3) is 0 Å². The van der Waals surface area contributed by atoms with Crippen molar-refractivity contribution in [2.45, 2.75) is 25.4 Å². The zero-order valence-electron chi connectivity index (χ0n) is 9.30. The predicted octanol–water partition coefficient (Wildman–Crippen LogP) is 1.21. The van der Waals surface area contributed by atoms with E-state index in [9.17, 15) is 9.90 Å². The van der Waals surface area contributed by atoms with Crippen LogP contribution in [-0.4, -0.2) is 35.1 Å². The second-order valence-corrected chi connectivity index (χ2v) is 4.29. The summed E-state index contributed by atoms with van der Waals surface area (Å²) in [7, 11) is 0. The summed E-state index contributed by atoms with van der Waals surface area (Å²) in [4.78, 5) is 13.2. The number of carbonyl (C=O) groups is 1. The van der Waals surface area contributed by atoms with E-state index < -0.39 is 6.10 Å². The largest absolute Gasteiger partial charge is 0.391 e. The lowest BCUT2D eigenvalue weighted by molar-refractivity contribution is -0.127. The highest BCUT2D eigenvalue weighted by atomic mass is 16.3. The van der Waals surface area contributed by atoms with E-state index in [1.54, 1.807) is 4.90 Å². The molecule has 2 rings (SSSR count). The van der Waals surface area contributed by atoms with E-state index in [0.717, 1.165) is 19.4 Å². The fraction of sp³-hybridized carbons (Fsp3) is 0.462. The minimum Gasteiger partial charge on any atom is -0.391 e. The fourth-order valence-corrected chi connectivity index (χ4v) is 2.09. The van der Waals surface area contributed by atoms with Crippen molar-refractivity contribution < 1.29 is 9.90 Å². The highest BCUT2D eigenvalue weighted by Crippen LogP contribution is 2.12. The van der Waals surface area contributed by atoms with Crippen LogP contribution in [0.2, 0.25) is 0 Å². The van der Waals surface area contributed by atoms with Gasteiger partial charge in [-0.15, -0.1) is 0 Å². The van der Waals surface area contributed by atoms with Crippen molar-refractivity contribution >= 4 is 5.91 Å². The number of hydrogen-bond acceptors (Lipinski definition) is 2. The SMILES string of the molecule is O=C1CC(O)CN1CCCc1ccccc1. The molecule has 1 saturated heterocycles. The quantitative estimate of drug-likeness (QED) is 0.827. The molecule has 0 saturated carbocycles. The Balaban J connectivity index is 1.74. The van der Waals surface area contributed by atoms with E-state index >= 15 is 0 Å². The Morgan fingerprint density at radius 1 is 1.31 bits per heavy atom. The molecule has 1 amide bonds. The Kier molecular flexibility index (Phi) is 3.57. The number of β-amino-alcohol motifs (C(OH)–C–C–N with tert-alkyl or cyclic N) is 1. The van der Waals surface area contributed by atoms with Crippen LogP contribution >= 0.6 is 0 Å². The van der Waals surface area contributed by atoms with E-state index in [4.69, 9.17) is 0 Å². The van der Waals surface area contributed by atoms with Gasteiger partial charge in [0.1, 0.15) is 0 Å². The Labute approximate surface area is 95.7 Å². The van der Waals surface area contributed by atoms with Gasteiger partial charge in [-0.25, -0.2) is 0 Å². The number of aliphatic hydroxyl groups excluding tert-OH is 1. The average Bonchev–Trinajstić information content (AvgIpc) is 2.59. The van der Waals surface area contributed by atoms with Gasteiger partial charge in [0, 0.05) is 13.1 Å². The van der Waals surface area contributed by atoms with Gasteiger partial charge in [0.25, 0.3) is 0 Å². The van der Waals surface area contributed by atoms with Crippen molar-refractivity contribution in [1.82, 2.24) is 4.90 Å². The molecule has 3 heteroatoms. The number of likely N-dealkylation sites (tertiary alicyclic amines) is 1. The monoisotopic (exact) mass is 219 g/mol. The van der Waals surface area contributed by atoms with Crippen molar-refractivity contribution in [3.05, 3.63) is 35.9 Å². The van der Waals surface area contributed by atoms with Gasteiger partial charge in [-0.1, -0.05) is 30.3 Å². The molecular weight excluding hydrogens is 202 g/mol. The Bertz CT molecular complexity index is 350. The molecule has 0 aromatic heterocycles. The maximum atomic E-state index is 11.4.